The first-order chi connectivity index (χ1) is 6.79. The van der Waals surface area contributed by atoms with Gasteiger partial charge in [-0.3, -0.25) is 0 Å². The van der Waals surface area contributed by atoms with E-state index in [1.54, 1.807) is 0 Å². The molecule has 1 aliphatic rings. The van der Waals surface area contributed by atoms with Crippen molar-refractivity contribution in [3.8, 4) is 0 Å². The summed E-state index contributed by atoms with van der Waals surface area (Å²) in [6.07, 6.45) is 5.39. The Labute approximate surface area is 89.0 Å². The van der Waals surface area contributed by atoms with Gasteiger partial charge in [0.25, 0.3) is 0 Å². The standard InChI is InChI=1S/C11H13ClN2/c12-9-5-4-6-10(13)11(9)14-7-2-1-3-8-14/h1-2,4-6H,3,7-8,13H2. The number of hydrogen-bond acceptors (Lipinski definition) is 2. The summed E-state index contributed by atoms with van der Waals surface area (Å²) in [4.78, 5) is 2.21. The zero-order chi connectivity index (χ0) is 9.97. The van der Waals surface area contributed by atoms with Gasteiger partial charge in [-0.2, -0.15) is 0 Å². The molecule has 2 N–H and O–H groups in total. The molecular weight excluding hydrogens is 196 g/mol. The molecule has 1 aromatic rings. The number of para-hydroxylation sites is 1. The molecule has 0 bridgehead atoms. The molecule has 0 amide bonds. The van der Waals surface area contributed by atoms with Crippen molar-refractivity contribution in [1.29, 1.82) is 0 Å². The Bertz CT molecular complexity index is 340. The Hall–Kier alpha value is -1.15. The third-order valence-corrected chi connectivity index (χ3v) is 2.70. The summed E-state index contributed by atoms with van der Waals surface area (Å²) in [5, 5.41) is 0.736. The Morgan fingerprint density at radius 1 is 1.29 bits per heavy atom. The highest BCUT2D eigenvalue weighted by atomic mass is 35.5. The van der Waals surface area contributed by atoms with Gasteiger partial charge in [0.15, 0.2) is 0 Å². The smallest absolute Gasteiger partial charge is 0.0792 e. The molecular formula is C11H13ClN2. The van der Waals surface area contributed by atoms with E-state index in [9.17, 15) is 0 Å². The number of anilines is 2. The molecule has 0 unspecified atom stereocenters. The van der Waals surface area contributed by atoms with Gasteiger partial charge < -0.3 is 10.6 Å². The molecule has 74 valence electrons. The van der Waals surface area contributed by atoms with Crippen molar-refractivity contribution in [3.05, 3.63) is 35.4 Å². The molecule has 0 atom stereocenters. The summed E-state index contributed by atoms with van der Waals surface area (Å²) >= 11 is 6.12. The minimum atomic E-state index is 0.736. The van der Waals surface area contributed by atoms with Crippen LogP contribution in [0, 0.1) is 0 Å². The highest BCUT2D eigenvalue weighted by Gasteiger charge is 2.13. The Morgan fingerprint density at radius 3 is 2.79 bits per heavy atom. The molecule has 1 aromatic carbocycles. The fourth-order valence-corrected chi connectivity index (χ4v) is 2.01. The lowest BCUT2D eigenvalue weighted by Crippen LogP contribution is -2.27. The summed E-state index contributed by atoms with van der Waals surface area (Å²) in [7, 11) is 0. The van der Waals surface area contributed by atoms with Crippen molar-refractivity contribution in [2.24, 2.45) is 0 Å². The van der Waals surface area contributed by atoms with Crippen LogP contribution in [-0.4, -0.2) is 13.1 Å². The van der Waals surface area contributed by atoms with Crippen molar-refractivity contribution < 1.29 is 0 Å². The largest absolute Gasteiger partial charge is 0.397 e. The van der Waals surface area contributed by atoms with Gasteiger partial charge in [0.1, 0.15) is 0 Å². The molecule has 1 aliphatic heterocycles. The summed E-state index contributed by atoms with van der Waals surface area (Å²) in [6, 6.07) is 5.64. The van der Waals surface area contributed by atoms with Crippen LogP contribution in [0.15, 0.2) is 30.4 Å². The van der Waals surface area contributed by atoms with Gasteiger partial charge in [-0.1, -0.05) is 29.8 Å². The van der Waals surface area contributed by atoms with E-state index in [0.717, 1.165) is 35.9 Å². The Balaban J connectivity index is 2.35. The summed E-state index contributed by atoms with van der Waals surface area (Å²) < 4.78 is 0. The van der Waals surface area contributed by atoms with Gasteiger partial charge in [-0.15, -0.1) is 0 Å². The molecule has 0 fully saturated rings. The SMILES string of the molecule is Nc1cccc(Cl)c1N1CC=CCC1. The normalized spacial score (nSPS) is 15.9. The lowest BCUT2D eigenvalue weighted by Gasteiger charge is -2.27. The lowest BCUT2D eigenvalue weighted by atomic mass is 10.2. The lowest BCUT2D eigenvalue weighted by molar-refractivity contribution is 0.822. The molecule has 3 heteroatoms. The molecule has 0 saturated heterocycles. The molecule has 0 radical (unpaired) electrons. The number of hydrogen-bond donors (Lipinski definition) is 1. The Kier molecular flexibility index (Phi) is 2.64. The first-order valence-electron chi connectivity index (χ1n) is 4.73. The zero-order valence-corrected chi connectivity index (χ0v) is 8.67. The van der Waals surface area contributed by atoms with E-state index in [2.05, 4.69) is 17.1 Å². The number of nitrogens with two attached hydrogens (primary N) is 1. The summed E-state index contributed by atoms with van der Waals surface area (Å²) in [6.45, 7) is 1.89. The van der Waals surface area contributed by atoms with Gasteiger partial charge in [0, 0.05) is 13.1 Å². The first-order valence-corrected chi connectivity index (χ1v) is 5.11. The monoisotopic (exact) mass is 208 g/mol. The molecule has 0 aliphatic carbocycles. The summed E-state index contributed by atoms with van der Waals surface area (Å²) in [5.41, 5.74) is 7.63. The van der Waals surface area contributed by atoms with Crippen LogP contribution < -0.4 is 10.6 Å². The average molecular weight is 209 g/mol. The second-order valence-corrected chi connectivity index (χ2v) is 3.79. The highest BCUT2D eigenvalue weighted by Crippen LogP contribution is 2.32. The summed E-state index contributed by atoms with van der Waals surface area (Å²) in [5.74, 6) is 0. The van der Waals surface area contributed by atoms with Crippen LogP contribution in [0.25, 0.3) is 0 Å². The minimum Gasteiger partial charge on any atom is -0.397 e. The van der Waals surface area contributed by atoms with Crippen LogP contribution in [-0.2, 0) is 0 Å². The second-order valence-electron chi connectivity index (χ2n) is 3.38. The maximum absolute atomic E-state index is 6.12. The van der Waals surface area contributed by atoms with Crippen molar-refractivity contribution in [3.63, 3.8) is 0 Å². The van der Waals surface area contributed by atoms with Crippen LogP contribution in [0.4, 0.5) is 11.4 Å². The molecule has 0 aromatic heterocycles. The molecule has 0 saturated carbocycles. The van der Waals surface area contributed by atoms with Crippen LogP contribution in [0.1, 0.15) is 6.42 Å². The van der Waals surface area contributed by atoms with E-state index in [0.29, 0.717) is 0 Å². The molecule has 14 heavy (non-hydrogen) atoms. The van der Waals surface area contributed by atoms with Crippen molar-refractivity contribution in [1.82, 2.24) is 0 Å². The Morgan fingerprint density at radius 2 is 2.14 bits per heavy atom. The van der Waals surface area contributed by atoms with Gasteiger partial charge in [0.2, 0.25) is 0 Å². The maximum Gasteiger partial charge on any atom is 0.0792 e. The number of nitrogens with zero attached hydrogens (tertiary/aromatic N) is 1. The molecule has 0 spiro atoms. The molecule has 1 heterocycles. The first kappa shape index (κ1) is 9.41. The van der Waals surface area contributed by atoms with Crippen LogP contribution in [0.5, 0.6) is 0 Å². The van der Waals surface area contributed by atoms with E-state index < -0.39 is 0 Å². The number of rotatable bonds is 1. The van der Waals surface area contributed by atoms with Crippen molar-refractivity contribution in [2.75, 3.05) is 23.7 Å². The van der Waals surface area contributed by atoms with E-state index in [4.69, 9.17) is 17.3 Å². The molecule has 2 nitrogen and oxygen atoms in total. The minimum absolute atomic E-state index is 0.736. The predicted octanol–water partition coefficient (Wildman–Crippen LogP) is 2.69. The van der Waals surface area contributed by atoms with Gasteiger partial charge >= 0.3 is 0 Å². The van der Waals surface area contributed by atoms with Crippen LogP contribution in [0.3, 0.4) is 0 Å². The number of nitrogen functional groups attached to an aromatic ring is 1. The highest BCUT2D eigenvalue weighted by molar-refractivity contribution is 6.34. The van der Waals surface area contributed by atoms with E-state index >= 15 is 0 Å². The van der Waals surface area contributed by atoms with Gasteiger partial charge in [-0.05, 0) is 18.6 Å². The third kappa shape index (κ3) is 1.70. The van der Waals surface area contributed by atoms with Crippen LogP contribution >= 0.6 is 11.6 Å². The third-order valence-electron chi connectivity index (χ3n) is 2.39. The predicted molar refractivity (Wildman–Crippen MR) is 61.8 cm³/mol. The fraction of sp³-hybridized carbons (Fsp3) is 0.273. The van der Waals surface area contributed by atoms with Crippen molar-refractivity contribution in [2.45, 2.75) is 6.42 Å². The van der Waals surface area contributed by atoms with E-state index in [1.165, 1.54) is 0 Å². The van der Waals surface area contributed by atoms with Crippen molar-refractivity contribution >= 4 is 23.0 Å². The van der Waals surface area contributed by atoms with E-state index in [-0.39, 0.29) is 0 Å². The molecule has 2 rings (SSSR count). The number of benzene rings is 1. The van der Waals surface area contributed by atoms with E-state index in [1.807, 2.05) is 18.2 Å². The quantitative estimate of drug-likeness (QED) is 0.568. The zero-order valence-electron chi connectivity index (χ0n) is 7.91. The van der Waals surface area contributed by atoms with Gasteiger partial charge in [-0.25, -0.2) is 0 Å². The number of halogens is 1. The van der Waals surface area contributed by atoms with Crippen LogP contribution in [0.2, 0.25) is 5.02 Å². The topological polar surface area (TPSA) is 29.3 Å². The van der Waals surface area contributed by atoms with Gasteiger partial charge in [0.05, 0.1) is 16.4 Å². The fourth-order valence-electron chi connectivity index (χ4n) is 1.71. The maximum atomic E-state index is 6.12. The second kappa shape index (κ2) is 3.93. The average Bonchev–Trinajstić information content (AvgIpc) is 2.19.